The number of hydrogen-bond acceptors (Lipinski definition) is 5. The zero-order valence-corrected chi connectivity index (χ0v) is 15.8. The Morgan fingerprint density at radius 2 is 2.04 bits per heavy atom. The summed E-state index contributed by atoms with van der Waals surface area (Å²) in [6.45, 7) is 9.36. The number of carbonyl (C=O) groups excluding carboxylic acids is 1. The molecule has 0 aromatic heterocycles. The lowest BCUT2D eigenvalue weighted by atomic mass is 9.56. The molecule has 0 unspecified atom stereocenters. The fourth-order valence-corrected chi connectivity index (χ4v) is 4.88. The third-order valence-corrected chi connectivity index (χ3v) is 6.52. The van der Waals surface area contributed by atoms with Crippen LogP contribution in [0.2, 0.25) is 0 Å². The monoisotopic (exact) mass is 358 g/mol. The van der Waals surface area contributed by atoms with Gasteiger partial charge < -0.3 is 18.9 Å². The predicted octanol–water partition coefficient (Wildman–Crippen LogP) is 3.88. The van der Waals surface area contributed by atoms with Gasteiger partial charge in [-0.3, -0.25) is 4.79 Å². The Bertz CT molecular complexity index is 755. The van der Waals surface area contributed by atoms with E-state index in [-0.39, 0.29) is 30.2 Å². The van der Waals surface area contributed by atoms with Gasteiger partial charge >= 0.3 is 5.97 Å². The van der Waals surface area contributed by atoms with Crippen molar-refractivity contribution in [1.29, 1.82) is 0 Å². The Kier molecular flexibility index (Phi) is 4.22. The third kappa shape index (κ3) is 2.60. The van der Waals surface area contributed by atoms with Crippen LogP contribution in [-0.2, 0) is 14.3 Å². The molecule has 1 aromatic carbocycles. The average Bonchev–Trinajstić information content (AvgIpc) is 3.06. The molecule has 0 radical (unpaired) electrons. The number of fused-ring (bicyclic) bond motifs is 3. The van der Waals surface area contributed by atoms with Crippen molar-refractivity contribution in [2.24, 2.45) is 23.2 Å². The molecule has 5 heteroatoms. The van der Waals surface area contributed by atoms with Crippen molar-refractivity contribution < 1.29 is 23.7 Å². The third-order valence-electron chi connectivity index (χ3n) is 6.52. The molecule has 0 saturated carbocycles. The summed E-state index contributed by atoms with van der Waals surface area (Å²) in [5.74, 6) is 2.21. The molecule has 5 atom stereocenters. The minimum Gasteiger partial charge on any atom is -0.465 e. The van der Waals surface area contributed by atoms with Crippen LogP contribution in [0.25, 0.3) is 0 Å². The van der Waals surface area contributed by atoms with Crippen LogP contribution in [0, 0.1) is 23.2 Å². The Morgan fingerprint density at radius 1 is 1.27 bits per heavy atom. The van der Waals surface area contributed by atoms with Crippen molar-refractivity contribution in [3.8, 4) is 11.5 Å². The minimum atomic E-state index is -0.237. The summed E-state index contributed by atoms with van der Waals surface area (Å²) in [5, 5.41) is 0. The molecule has 1 aromatic rings. The highest BCUT2D eigenvalue weighted by molar-refractivity contribution is 5.66. The van der Waals surface area contributed by atoms with E-state index in [2.05, 4.69) is 32.9 Å². The second-order valence-electron chi connectivity index (χ2n) is 7.87. The molecule has 0 spiro atoms. The molecule has 0 amide bonds. The number of benzene rings is 1. The van der Waals surface area contributed by atoms with E-state index in [4.69, 9.17) is 18.9 Å². The average molecular weight is 358 g/mol. The molecule has 26 heavy (non-hydrogen) atoms. The molecule has 2 aliphatic heterocycles. The topological polar surface area (TPSA) is 54.0 Å². The second kappa shape index (κ2) is 6.31. The van der Waals surface area contributed by atoms with Gasteiger partial charge in [-0.05, 0) is 36.5 Å². The molecular weight excluding hydrogens is 332 g/mol. The number of allylic oxidation sites excluding steroid dienone is 1. The van der Waals surface area contributed by atoms with Gasteiger partial charge in [-0.25, -0.2) is 0 Å². The summed E-state index contributed by atoms with van der Waals surface area (Å²) in [5.41, 5.74) is 2.27. The lowest BCUT2D eigenvalue weighted by Gasteiger charge is -2.55. The molecule has 2 heterocycles. The largest absolute Gasteiger partial charge is 0.465 e. The first-order valence-corrected chi connectivity index (χ1v) is 9.25. The maximum atomic E-state index is 11.4. The first-order valence-electron chi connectivity index (χ1n) is 9.25. The van der Waals surface area contributed by atoms with E-state index >= 15 is 0 Å². The van der Waals surface area contributed by atoms with E-state index in [0.29, 0.717) is 25.0 Å². The molecule has 1 saturated heterocycles. The summed E-state index contributed by atoms with van der Waals surface area (Å²) >= 11 is 0. The van der Waals surface area contributed by atoms with Crippen LogP contribution in [0.1, 0.15) is 39.4 Å². The van der Waals surface area contributed by atoms with Crippen LogP contribution >= 0.6 is 0 Å². The SMILES string of the molecule is CC(=O)OC[C@@]12CO[C@H](c3ccc4c(c3)OCO4)[C@@H](C(C)=C[C@H]1C)[C@@H]2C. The number of carbonyl (C=O) groups is 1. The van der Waals surface area contributed by atoms with Gasteiger partial charge in [0.25, 0.3) is 0 Å². The van der Waals surface area contributed by atoms with Gasteiger partial charge in [-0.15, -0.1) is 0 Å². The number of ether oxygens (including phenoxy) is 4. The van der Waals surface area contributed by atoms with Crippen molar-refractivity contribution in [3.05, 3.63) is 35.4 Å². The molecule has 1 aliphatic carbocycles. The van der Waals surface area contributed by atoms with Gasteiger partial charge in [0.1, 0.15) is 0 Å². The molecule has 0 N–H and O–H groups in total. The summed E-state index contributed by atoms with van der Waals surface area (Å²) < 4.78 is 22.8. The Morgan fingerprint density at radius 3 is 2.81 bits per heavy atom. The van der Waals surface area contributed by atoms with Crippen molar-refractivity contribution >= 4 is 5.97 Å². The molecule has 5 nitrogen and oxygen atoms in total. The summed E-state index contributed by atoms with van der Waals surface area (Å²) in [4.78, 5) is 11.4. The Hall–Kier alpha value is -2.01. The first-order chi connectivity index (χ1) is 12.4. The van der Waals surface area contributed by atoms with Crippen LogP contribution < -0.4 is 9.47 Å². The quantitative estimate of drug-likeness (QED) is 0.606. The molecule has 4 rings (SSSR count). The predicted molar refractivity (Wildman–Crippen MR) is 95.9 cm³/mol. The van der Waals surface area contributed by atoms with E-state index in [1.807, 2.05) is 12.1 Å². The van der Waals surface area contributed by atoms with Gasteiger partial charge in [0.2, 0.25) is 6.79 Å². The summed E-state index contributed by atoms with van der Waals surface area (Å²) in [6, 6.07) is 6.05. The van der Waals surface area contributed by atoms with Gasteiger partial charge in [0, 0.05) is 18.3 Å². The minimum absolute atomic E-state index is 0.0336. The van der Waals surface area contributed by atoms with Crippen LogP contribution in [0.4, 0.5) is 0 Å². The highest BCUT2D eigenvalue weighted by Gasteiger charge is 2.54. The molecule has 140 valence electrons. The van der Waals surface area contributed by atoms with Gasteiger partial charge in [-0.1, -0.05) is 31.6 Å². The van der Waals surface area contributed by atoms with Crippen molar-refractivity contribution in [2.75, 3.05) is 20.0 Å². The van der Waals surface area contributed by atoms with E-state index in [1.54, 1.807) is 0 Å². The summed E-state index contributed by atoms with van der Waals surface area (Å²) in [7, 11) is 0. The van der Waals surface area contributed by atoms with E-state index in [1.165, 1.54) is 12.5 Å². The standard InChI is InChI=1S/C21H26O5/c1-12-7-13(2)21(9-23-15(4)22)10-24-20(19(12)14(21)3)16-5-6-17-18(8-16)26-11-25-17/h5-8,13-14,19-20H,9-11H2,1-4H3/t13-,14+,19+,20-,21-/m1/s1. The zero-order valence-electron chi connectivity index (χ0n) is 15.8. The highest BCUT2D eigenvalue weighted by Crippen LogP contribution is 2.56. The molecule has 3 aliphatic rings. The molecule has 1 fully saturated rings. The Balaban J connectivity index is 1.67. The Labute approximate surface area is 154 Å². The van der Waals surface area contributed by atoms with Gasteiger partial charge in [0.05, 0.1) is 19.3 Å². The van der Waals surface area contributed by atoms with Crippen molar-refractivity contribution in [2.45, 2.75) is 33.8 Å². The molecular formula is C21H26O5. The van der Waals surface area contributed by atoms with Crippen LogP contribution in [0.3, 0.4) is 0 Å². The smallest absolute Gasteiger partial charge is 0.302 e. The fraction of sp³-hybridized carbons (Fsp3) is 0.571. The maximum absolute atomic E-state index is 11.4. The van der Waals surface area contributed by atoms with E-state index < -0.39 is 0 Å². The summed E-state index contributed by atoms with van der Waals surface area (Å²) in [6.07, 6.45) is 2.30. The molecule has 2 bridgehead atoms. The first kappa shape index (κ1) is 17.4. The number of rotatable bonds is 3. The van der Waals surface area contributed by atoms with Gasteiger partial charge in [0.15, 0.2) is 11.5 Å². The van der Waals surface area contributed by atoms with Crippen LogP contribution in [0.5, 0.6) is 11.5 Å². The second-order valence-corrected chi connectivity index (χ2v) is 7.87. The normalized spacial score (nSPS) is 35.0. The van der Waals surface area contributed by atoms with E-state index in [9.17, 15) is 4.79 Å². The van der Waals surface area contributed by atoms with E-state index in [0.717, 1.165) is 17.1 Å². The highest BCUT2D eigenvalue weighted by atomic mass is 16.7. The van der Waals surface area contributed by atoms with Crippen LogP contribution in [0.15, 0.2) is 29.8 Å². The maximum Gasteiger partial charge on any atom is 0.302 e. The van der Waals surface area contributed by atoms with Crippen molar-refractivity contribution in [3.63, 3.8) is 0 Å². The van der Waals surface area contributed by atoms with Gasteiger partial charge in [-0.2, -0.15) is 0 Å². The lowest BCUT2D eigenvalue weighted by Crippen LogP contribution is -2.54. The number of hydrogen-bond donors (Lipinski definition) is 0. The van der Waals surface area contributed by atoms with Crippen molar-refractivity contribution in [1.82, 2.24) is 0 Å². The fourth-order valence-electron chi connectivity index (χ4n) is 4.88. The van der Waals surface area contributed by atoms with Crippen LogP contribution in [-0.4, -0.2) is 26.0 Å². The lowest BCUT2D eigenvalue weighted by molar-refractivity contribution is -0.180. The number of esters is 1. The zero-order chi connectivity index (χ0) is 18.5.